The summed E-state index contributed by atoms with van der Waals surface area (Å²) in [6, 6.07) is 1.30. The Hall–Kier alpha value is -2.31. The summed E-state index contributed by atoms with van der Waals surface area (Å²) in [7, 11) is 0. The van der Waals surface area contributed by atoms with Crippen molar-refractivity contribution in [2.24, 2.45) is 11.0 Å². The highest BCUT2D eigenvalue weighted by Crippen LogP contribution is 2.27. The number of pyridine rings is 1. The van der Waals surface area contributed by atoms with Crippen LogP contribution in [0.4, 0.5) is 5.69 Å². The quantitative estimate of drug-likeness (QED) is 0.500. The summed E-state index contributed by atoms with van der Waals surface area (Å²) in [5.41, 5.74) is 8.84. The lowest BCUT2D eigenvalue weighted by atomic mass is 9.80. The van der Waals surface area contributed by atoms with Gasteiger partial charge in [0.25, 0.3) is 5.91 Å². The van der Waals surface area contributed by atoms with Crippen LogP contribution in [0.1, 0.15) is 23.2 Å². The molecule has 0 aliphatic heterocycles. The summed E-state index contributed by atoms with van der Waals surface area (Å²) in [5, 5.41) is 14.8. The van der Waals surface area contributed by atoms with Gasteiger partial charge in [-0.05, 0) is 24.4 Å². The van der Waals surface area contributed by atoms with E-state index >= 15 is 0 Å². The molecule has 8 nitrogen and oxygen atoms in total. The molecule has 2 N–H and O–H groups in total. The number of carboxylic acids is 1. The van der Waals surface area contributed by atoms with E-state index in [9.17, 15) is 9.59 Å². The number of carbonyl (C=O) groups excluding carboxylic acids is 1. The maximum Gasteiger partial charge on any atom is 0.306 e. The van der Waals surface area contributed by atoms with Gasteiger partial charge < -0.3 is 10.4 Å². The van der Waals surface area contributed by atoms with Crippen LogP contribution < -0.4 is 5.32 Å². The van der Waals surface area contributed by atoms with Gasteiger partial charge in [-0.3, -0.25) is 14.6 Å². The van der Waals surface area contributed by atoms with Crippen LogP contribution in [0.3, 0.4) is 0 Å². The van der Waals surface area contributed by atoms with Crippen LogP contribution in [-0.4, -0.2) is 28.0 Å². The molecule has 0 saturated heterocycles. The number of rotatable bonds is 4. The van der Waals surface area contributed by atoms with Gasteiger partial charge in [-0.2, -0.15) is 0 Å². The first kappa shape index (κ1) is 15.7. The minimum absolute atomic E-state index is 0. The molecule has 1 aliphatic rings. The van der Waals surface area contributed by atoms with Gasteiger partial charge in [0, 0.05) is 23.3 Å². The normalized spacial score (nSPS) is 19.8. The first-order chi connectivity index (χ1) is 9.10. The predicted octanol–water partition coefficient (Wildman–Crippen LogP) is 2.04. The number of amides is 1. The van der Waals surface area contributed by atoms with Crippen LogP contribution in [0.5, 0.6) is 0 Å². The maximum atomic E-state index is 11.8. The Morgan fingerprint density at radius 3 is 2.75 bits per heavy atom. The first-order valence-electron chi connectivity index (χ1n) is 5.64. The lowest BCUT2D eigenvalue weighted by Crippen LogP contribution is -2.46. The lowest BCUT2D eigenvalue weighted by molar-refractivity contribution is -0.145. The molecule has 0 atom stereocenters. The summed E-state index contributed by atoms with van der Waals surface area (Å²) in [5.74, 6) is -1.56. The smallest absolute Gasteiger partial charge is 0.306 e. The van der Waals surface area contributed by atoms with Crippen LogP contribution in [0.25, 0.3) is 10.4 Å². The fourth-order valence-electron chi connectivity index (χ4n) is 1.86. The van der Waals surface area contributed by atoms with E-state index in [4.69, 9.17) is 10.6 Å². The van der Waals surface area contributed by atoms with E-state index in [-0.39, 0.29) is 41.5 Å². The molecule has 1 aliphatic carbocycles. The van der Waals surface area contributed by atoms with Gasteiger partial charge in [0.1, 0.15) is 0 Å². The van der Waals surface area contributed by atoms with Gasteiger partial charge in [0.05, 0.1) is 17.2 Å². The summed E-state index contributed by atoms with van der Waals surface area (Å²) in [6.07, 6.45) is 3.58. The van der Waals surface area contributed by atoms with Crippen LogP contribution in [0.2, 0.25) is 0 Å². The second-order valence-electron chi connectivity index (χ2n) is 4.30. The van der Waals surface area contributed by atoms with E-state index in [0.717, 1.165) is 0 Å². The number of halogens is 1. The van der Waals surface area contributed by atoms with Crippen LogP contribution >= 0.6 is 12.4 Å². The molecule has 0 bridgehead atoms. The third-order valence-electron chi connectivity index (χ3n) is 2.97. The zero-order valence-electron chi connectivity index (χ0n) is 10.3. The molecule has 2 rings (SSSR count). The molecule has 20 heavy (non-hydrogen) atoms. The van der Waals surface area contributed by atoms with Gasteiger partial charge in [0.2, 0.25) is 0 Å². The van der Waals surface area contributed by atoms with E-state index < -0.39 is 5.97 Å². The van der Waals surface area contributed by atoms with Crippen LogP contribution in [0.15, 0.2) is 23.6 Å². The SMILES string of the molecule is Cl.[N-]=[N+]=Nc1cncc(C(=O)NC2CC(C(=O)O)C2)c1. The second-order valence-corrected chi connectivity index (χ2v) is 4.30. The average Bonchev–Trinajstić information content (AvgIpc) is 2.33. The van der Waals surface area contributed by atoms with E-state index in [0.29, 0.717) is 12.8 Å². The minimum atomic E-state index is -0.836. The molecular weight excluding hydrogens is 286 g/mol. The van der Waals surface area contributed by atoms with Gasteiger partial charge in [-0.25, -0.2) is 0 Å². The van der Waals surface area contributed by atoms with E-state index in [1.807, 2.05) is 0 Å². The summed E-state index contributed by atoms with van der Waals surface area (Å²) >= 11 is 0. The van der Waals surface area contributed by atoms with Gasteiger partial charge in [-0.15, -0.1) is 12.4 Å². The number of carbonyl (C=O) groups is 2. The fraction of sp³-hybridized carbons (Fsp3) is 0.364. The molecule has 1 fully saturated rings. The molecule has 1 aromatic heterocycles. The topological polar surface area (TPSA) is 128 Å². The van der Waals surface area contributed by atoms with Crippen molar-refractivity contribution in [1.82, 2.24) is 10.3 Å². The highest BCUT2D eigenvalue weighted by Gasteiger charge is 2.35. The zero-order valence-corrected chi connectivity index (χ0v) is 11.1. The lowest BCUT2D eigenvalue weighted by Gasteiger charge is -2.32. The van der Waals surface area contributed by atoms with E-state index in [1.54, 1.807) is 0 Å². The van der Waals surface area contributed by atoms with Crippen molar-refractivity contribution in [3.05, 3.63) is 34.5 Å². The van der Waals surface area contributed by atoms with Crippen molar-refractivity contribution in [3.8, 4) is 0 Å². The number of carboxylic acid groups (broad SMARTS) is 1. The molecule has 1 heterocycles. The molecule has 0 radical (unpaired) electrons. The number of nitrogens with one attached hydrogen (secondary N) is 1. The number of aromatic nitrogens is 1. The Bertz CT molecular complexity index is 567. The number of hydrogen-bond donors (Lipinski definition) is 2. The zero-order chi connectivity index (χ0) is 13.8. The fourth-order valence-corrected chi connectivity index (χ4v) is 1.86. The van der Waals surface area contributed by atoms with Crippen molar-refractivity contribution in [2.45, 2.75) is 18.9 Å². The third kappa shape index (κ3) is 3.59. The van der Waals surface area contributed by atoms with Crippen LogP contribution in [0, 0.1) is 5.92 Å². The molecular formula is C11H12ClN5O3. The van der Waals surface area contributed by atoms with Gasteiger partial charge in [0.15, 0.2) is 0 Å². The van der Waals surface area contributed by atoms with E-state index in [1.165, 1.54) is 18.5 Å². The van der Waals surface area contributed by atoms with Crippen LogP contribution in [-0.2, 0) is 4.79 Å². The largest absolute Gasteiger partial charge is 0.481 e. The van der Waals surface area contributed by atoms with E-state index in [2.05, 4.69) is 20.3 Å². The molecule has 1 saturated carbocycles. The average molecular weight is 298 g/mol. The summed E-state index contributed by atoms with van der Waals surface area (Å²) < 4.78 is 0. The molecule has 0 aromatic carbocycles. The van der Waals surface area contributed by atoms with Gasteiger partial charge >= 0.3 is 5.97 Å². The Labute approximate surface area is 120 Å². The van der Waals surface area contributed by atoms with Gasteiger partial charge in [-0.1, -0.05) is 5.11 Å². The second kappa shape index (κ2) is 6.74. The third-order valence-corrected chi connectivity index (χ3v) is 2.97. The number of aliphatic carboxylic acids is 1. The monoisotopic (exact) mass is 297 g/mol. The Kier molecular flexibility index (Phi) is 5.31. The number of hydrogen-bond acceptors (Lipinski definition) is 4. The molecule has 9 heteroatoms. The number of azide groups is 1. The molecule has 0 spiro atoms. The van der Waals surface area contributed by atoms with Crippen molar-refractivity contribution in [3.63, 3.8) is 0 Å². The molecule has 0 unspecified atom stereocenters. The Balaban J connectivity index is 0.00000200. The Morgan fingerprint density at radius 2 is 2.15 bits per heavy atom. The maximum absolute atomic E-state index is 11.8. The summed E-state index contributed by atoms with van der Waals surface area (Å²) in [6.45, 7) is 0. The van der Waals surface area contributed by atoms with Crippen molar-refractivity contribution < 1.29 is 14.7 Å². The highest BCUT2D eigenvalue weighted by atomic mass is 35.5. The number of nitrogens with zero attached hydrogens (tertiary/aromatic N) is 4. The molecule has 106 valence electrons. The van der Waals surface area contributed by atoms with Crippen molar-refractivity contribution in [1.29, 1.82) is 0 Å². The van der Waals surface area contributed by atoms with Crippen molar-refractivity contribution >= 4 is 30.0 Å². The predicted molar refractivity (Wildman–Crippen MR) is 71.9 cm³/mol. The minimum Gasteiger partial charge on any atom is -0.481 e. The highest BCUT2D eigenvalue weighted by molar-refractivity contribution is 5.95. The van der Waals surface area contributed by atoms with Crippen molar-refractivity contribution in [2.75, 3.05) is 0 Å². The standard InChI is InChI=1S/C11H11N5O3.ClH/c12-16-15-9-3-7(4-13-5-9)10(17)14-8-1-6(2-8)11(18)19;/h3-6,8H,1-2H2,(H,14,17)(H,18,19);1H. The first-order valence-corrected chi connectivity index (χ1v) is 5.64. The Morgan fingerprint density at radius 1 is 1.45 bits per heavy atom. The molecule has 1 aromatic rings. The summed E-state index contributed by atoms with van der Waals surface area (Å²) in [4.78, 5) is 28.9. The molecule has 1 amide bonds.